The smallest absolute Gasteiger partial charge is 0.337 e. The van der Waals surface area contributed by atoms with Crippen molar-refractivity contribution >= 4 is 16.9 Å². The molecule has 0 bridgehead atoms. The van der Waals surface area contributed by atoms with Crippen LogP contribution in [-0.4, -0.2) is 17.6 Å². The summed E-state index contributed by atoms with van der Waals surface area (Å²) >= 11 is 0. The monoisotopic (exact) mass is 327 g/mol. The third kappa shape index (κ3) is 2.85. The molecule has 130 valence electrons. The van der Waals surface area contributed by atoms with Gasteiger partial charge in [0.25, 0.3) is 0 Å². The van der Waals surface area contributed by atoms with E-state index < -0.39 is 0 Å². The van der Waals surface area contributed by atoms with Gasteiger partial charge in [0.15, 0.2) is 0 Å². The summed E-state index contributed by atoms with van der Waals surface area (Å²) in [7, 11) is 1.44. The van der Waals surface area contributed by atoms with Gasteiger partial charge in [-0.05, 0) is 60.8 Å². The molecule has 24 heavy (non-hydrogen) atoms. The summed E-state index contributed by atoms with van der Waals surface area (Å²) in [6.07, 6.45) is 4.62. The van der Waals surface area contributed by atoms with Gasteiger partial charge in [-0.3, -0.25) is 0 Å². The number of ether oxygens (including phenoxy) is 1. The van der Waals surface area contributed by atoms with E-state index in [9.17, 15) is 4.79 Å². The minimum Gasteiger partial charge on any atom is -0.465 e. The van der Waals surface area contributed by atoms with Gasteiger partial charge in [-0.1, -0.05) is 27.7 Å². The van der Waals surface area contributed by atoms with Crippen molar-refractivity contribution in [1.82, 2.24) is 4.57 Å². The molecule has 1 aromatic carbocycles. The van der Waals surface area contributed by atoms with Crippen LogP contribution in [0, 0.1) is 11.3 Å². The van der Waals surface area contributed by atoms with Crippen LogP contribution in [0.1, 0.15) is 62.2 Å². The van der Waals surface area contributed by atoms with Crippen LogP contribution in [0.2, 0.25) is 0 Å². The van der Waals surface area contributed by atoms with Crippen molar-refractivity contribution in [3.63, 3.8) is 0 Å². The molecule has 1 aliphatic rings. The summed E-state index contributed by atoms with van der Waals surface area (Å²) in [6, 6.07) is 6.03. The first-order valence-corrected chi connectivity index (χ1v) is 9.09. The first-order chi connectivity index (χ1) is 11.4. The number of esters is 1. The Morgan fingerprint density at radius 3 is 2.71 bits per heavy atom. The lowest BCUT2D eigenvalue weighted by molar-refractivity contribution is 0.0601. The van der Waals surface area contributed by atoms with Crippen LogP contribution in [-0.2, 0) is 24.1 Å². The Balaban J connectivity index is 2.16. The Kier molecular flexibility index (Phi) is 4.46. The molecule has 3 rings (SSSR count). The van der Waals surface area contributed by atoms with E-state index in [4.69, 9.17) is 4.74 Å². The summed E-state index contributed by atoms with van der Waals surface area (Å²) in [5, 5.41) is 1.25. The molecule has 0 N–H and O–H groups in total. The molecule has 0 saturated carbocycles. The van der Waals surface area contributed by atoms with E-state index in [1.54, 1.807) is 0 Å². The Bertz CT molecular complexity index is 764. The van der Waals surface area contributed by atoms with Crippen LogP contribution in [0.5, 0.6) is 0 Å². The van der Waals surface area contributed by atoms with Crippen molar-refractivity contribution in [3.05, 3.63) is 35.0 Å². The van der Waals surface area contributed by atoms with Crippen molar-refractivity contribution in [2.45, 2.75) is 59.9 Å². The molecule has 1 heterocycles. The zero-order valence-electron chi connectivity index (χ0n) is 15.6. The van der Waals surface area contributed by atoms with E-state index in [1.165, 1.54) is 35.7 Å². The number of rotatable bonds is 3. The quantitative estimate of drug-likeness (QED) is 0.744. The van der Waals surface area contributed by atoms with Crippen molar-refractivity contribution in [1.29, 1.82) is 0 Å². The number of fused-ring (bicyclic) bond motifs is 3. The first kappa shape index (κ1) is 17.1. The number of hydrogen-bond acceptors (Lipinski definition) is 2. The van der Waals surface area contributed by atoms with Gasteiger partial charge in [0.05, 0.1) is 12.7 Å². The molecule has 0 amide bonds. The number of carbonyl (C=O) groups is 1. The van der Waals surface area contributed by atoms with Crippen LogP contribution in [0.4, 0.5) is 0 Å². The normalized spacial score (nSPS) is 17.8. The van der Waals surface area contributed by atoms with E-state index in [0.717, 1.165) is 25.8 Å². The highest BCUT2D eigenvalue weighted by atomic mass is 16.5. The van der Waals surface area contributed by atoms with E-state index in [-0.39, 0.29) is 5.97 Å². The molecule has 1 aromatic heterocycles. The molecule has 0 spiro atoms. The first-order valence-electron chi connectivity index (χ1n) is 9.09. The van der Waals surface area contributed by atoms with Crippen molar-refractivity contribution in [2.75, 3.05) is 7.11 Å². The summed E-state index contributed by atoms with van der Waals surface area (Å²) in [6.45, 7) is 10.3. The standard InChI is InChI=1S/C21H29NO2/c1-6-11-22-18-9-7-14(20(23)24-5)12-16(18)17-13-15(21(2,3)4)8-10-19(17)22/h7,9,12,15H,6,8,10-11,13H2,1-5H3. The highest BCUT2D eigenvalue weighted by molar-refractivity contribution is 5.96. The molecule has 1 unspecified atom stereocenters. The van der Waals surface area contributed by atoms with Gasteiger partial charge in [-0.2, -0.15) is 0 Å². The van der Waals surface area contributed by atoms with Gasteiger partial charge < -0.3 is 9.30 Å². The Morgan fingerprint density at radius 1 is 1.33 bits per heavy atom. The SMILES string of the molecule is CCCn1c2c(c3cc(C(=O)OC)ccc31)CC(C(C)(C)C)CC2. The van der Waals surface area contributed by atoms with E-state index in [2.05, 4.69) is 38.3 Å². The minimum atomic E-state index is -0.253. The number of hydrogen-bond donors (Lipinski definition) is 0. The van der Waals surface area contributed by atoms with Crippen molar-refractivity contribution < 1.29 is 9.53 Å². The molecule has 3 heteroatoms. The largest absolute Gasteiger partial charge is 0.465 e. The molecule has 0 aliphatic heterocycles. The van der Waals surface area contributed by atoms with Crippen LogP contribution in [0.15, 0.2) is 18.2 Å². The molecule has 1 aliphatic carbocycles. The molecule has 2 aromatic rings. The zero-order chi connectivity index (χ0) is 17.5. The highest BCUT2D eigenvalue weighted by Crippen LogP contribution is 2.41. The van der Waals surface area contributed by atoms with Crippen LogP contribution in [0.25, 0.3) is 10.9 Å². The molecular weight excluding hydrogens is 298 g/mol. The predicted octanol–water partition coefficient (Wildman–Crippen LogP) is 4.99. The second-order valence-electron chi connectivity index (χ2n) is 8.11. The van der Waals surface area contributed by atoms with Crippen LogP contribution >= 0.6 is 0 Å². The maximum Gasteiger partial charge on any atom is 0.337 e. The Hall–Kier alpha value is -1.77. The van der Waals surface area contributed by atoms with Gasteiger partial charge in [-0.15, -0.1) is 0 Å². The van der Waals surface area contributed by atoms with E-state index in [0.29, 0.717) is 16.9 Å². The summed E-state index contributed by atoms with van der Waals surface area (Å²) < 4.78 is 7.39. The molecule has 0 fully saturated rings. The number of methoxy groups -OCH3 is 1. The fraction of sp³-hybridized carbons (Fsp3) is 0.571. The highest BCUT2D eigenvalue weighted by Gasteiger charge is 2.32. The van der Waals surface area contributed by atoms with Crippen molar-refractivity contribution in [2.24, 2.45) is 11.3 Å². The fourth-order valence-electron chi connectivity index (χ4n) is 4.11. The van der Waals surface area contributed by atoms with Crippen molar-refractivity contribution in [3.8, 4) is 0 Å². The minimum absolute atomic E-state index is 0.253. The van der Waals surface area contributed by atoms with E-state index in [1.807, 2.05) is 12.1 Å². The van der Waals surface area contributed by atoms with Crippen LogP contribution in [0.3, 0.4) is 0 Å². The second kappa shape index (κ2) is 6.27. The second-order valence-corrected chi connectivity index (χ2v) is 8.11. The summed E-state index contributed by atoms with van der Waals surface area (Å²) in [4.78, 5) is 12.0. The third-order valence-corrected chi connectivity index (χ3v) is 5.56. The lowest BCUT2D eigenvalue weighted by atomic mass is 9.71. The molecule has 1 atom stereocenters. The Morgan fingerprint density at radius 2 is 2.08 bits per heavy atom. The van der Waals surface area contributed by atoms with E-state index >= 15 is 0 Å². The number of aryl methyl sites for hydroxylation is 1. The number of aromatic nitrogens is 1. The lowest BCUT2D eigenvalue weighted by Gasteiger charge is -2.34. The van der Waals surface area contributed by atoms with Gasteiger partial charge in [0, 0.05) is 23.1 Å². The lowest BCUT2D eigenvalue weighted by Crippen LogP contribution is -2.27. The molecule has 0 saturated heterocycles. The van der Waals surface area contributed by atoms with Gasteiger partial charge >= 0.3 is 5.97 Å². The number of carbonyl (C=O) groups excluding carboxylic acids is 1. The van der Waals surface area contributed by atoms with Crippen LogP contribution < -0.4 is 0 Å². The Labute approximate surface area is 145 Å². The third-order valence-electron chi connectivity index (χ3n) is 5.56. The van der Waals surface area contributed by atoms with Gasteiger partial charge in [0.2, 0.25) is 0 Å². The molecule has 3 nitrogen and oxygen atoms in total. The average molecular weight is 327 g/mol. The molecule has 0 radical (unpaired) electrons. The zero-order valence-corrected chi connectivity index (χ0v) is 15.6. The summed E-state index contributed by atoms with van der Waals surface area (Å²) in [5.74, 6) is 0.435. The topological polar surface area (TPSA) is 31.2 Å². The number of nitrogens with zero attached hydrogens (tertiary/aromatic N) is 1. The number of benzene rings is 1. The maximum absolute atomic E-state index is 12.0. The maximum atomic E-state index is 12.0. The van der Waals surface area contributed by atoms with Gasteiger partial charge in [-0.25, -0.2) is 4.79 Å². The molecular formula is C21H29NO2. The summed E-state index contributed by atoms with van der Waals surface area (Å²) in [5.41, 5.74) is 5.17. The predicted molar refractivity (Wildman–Crippen MR) is 98.5 cm³/mol. The van der Waals surface area contributed by atoms with Gasteiger partial charge in [0.1, 0.15) is 0 Å². The fourth-order valence-corrected chi connectivity index (χ4v) is 4.11. The average Bonchev–Trinajstić information content (AvgIpc) is 2.87.